The predicted octanol–water partition coefficient (Wildman–Crippen LogP) is 4.80. The molecule has 1 aromatic rings. The summed E-state index contributed by atoms with van der Waals surface area (Å²) in [6.07, 6.45) is 2.09. The maximum atomic E-state index is 5.85. The second-order valence-corrected chi connectivity index (χ2v) is 5.34. The largest absolute Gasteiger partial charge is 0.493 e. The lowest BCUT2D eigenvalue weighted by molar-refractivity contribution is 0.281. The molecule has 18 heavy (non-hydrogen) atoms. The lowest BCUT2D eigenvalue weighted by atomic mass is 10.1. The Bertz CT molecular complexity index is 350. The van der Waals surface area contributed by atoms with Gasteiger partial charge in [0.25, 0.3) is 0 Å². The van der Waals surface area contributed by atoms with Crippen molar-refractivity contribution in [3.8, 4) is 11.5 Å². The molecule has 0 heterocycles. The van der Waals surface area contributed by atoms with Gasteiger partial charge in [0, 0.05) is 17.0 Å². The normalized spacial score (nSPS) is 10.7. The van der Waals surface area contributed by atoms with Crippen molar-refractivity contribution in [2.75, 3.05) is 13.2 Å². The Morgan fingerprint density at radius 1 is 1.17 bits per heavy atom. The molecule has 0 spiro atoms. The highest BCUT2D eigenvalue weighted by Gasteiger charge is 2.06. The van der Waals surface area contributed by atoms with E-state index in [1.54, 1.807) is 0 Å². The van der Waals surface area contributed by atoms with Crippen LogP contribution in [-0.2, 0) is 5.33 Å². The van der Waals surface area contributed by atoms with Gasteiger partial charge in [-0.3, -0.25) is 0 Å². The second-order valence-electron chi connectivity index (χ2n) is 4.78. The van der Waals surface area contributed by atoms with Crippen LogP contribution in [0.3, 0.4) is 0 Å². The molecule has 0 aliphatic carbocycles. The third-order valence-electron chi connectivity index (χ3n) is 2.61. The third-order valence-corrected chi connectivity index (χ3v) is 3.21. The van der Waals surface area contributed by atoms with Gasteiger partial charge in [0.15, 0.2) is 0 Å². The van der Waals surface area contributed by atoms with Crippen LogP contribution >= 0.6 is 15.9 Å². The maximum absolute atomic E-state index is 5.85. The summed E-state index contributed by atoms with van der Waals surface area (Å²) in [5.41, 5.74) is 1.17. The van der Waals surface area contributed by atoms with E-state index in [4.69, 9.17) is 9.47 Å². The van der Waals surface area contributed by atoms with Crippen molar-refractivity contribution >= 4 is 15.9 Å². The minimum Gasteiger partial charge on any atom is -0.493 e. The highest BCUT2D eigenvalue weighted by Crippen LogP contribution is 2.27. The van der Waals surface area contributed by atoms with E-state index in [1.165, 1.54) is 5.56 Å². The van der Waals surface area contributed by atoms with Crippen LogP contribution in [0.1, 0.15) is 39.2 Å². The SMILES string of the molecule is CCCOc1ccc(CBr)c(OCCC(C)C)c1. The average Bonchev–Trinajstić information content (AvgIpc) is 2.36. The Morgan fingerprint density at radius 2 is 1.94 bits per heavy atom. The topological polar surface area (TPSA) is 18.5 Å². The summed E-state index contributed by atoms with van der Waals surface area (Å²) < 4.78 is 11.5. The number of rotatable bonds is 8. The van der Waals surface area contributed by atoms with Gasteiger partial charge in [0.1, 0.15) is 11.5 Å². The van der Waals surface area contributed by atoms with Crippen LogP contribution in [0.4, 0.5) is 0 Å². The Balaban J connectivity index is 2.66. The fraction of sp³-hybridized carbons (Fsp3) is 0.600. The van der Waals surface area contributed by atoms with Gasteiger partial charge in [0.2, 0.25) is 0 Å². The molecule has 0 saturated carbocycles. The number of benzene rings is 1. The van der Waals surface area contributed by atoms with Crippen molar-refractivity contribution in [2.45, 2.75) is 38.9 Å². The van der Waals surface area contributed by atoms with Gasteiger partial charge in [-0.1, -0.05) is 42.8 Å². The summed E-state index contributed by atoms with van der Waals surface area (Å²) in [5, 5.41) is 0.804. The van der Waals surface area contributed by atoms with Crippen molar-refractivity contribution in [1.82, 2.24) is 0 Å². The monoisotopic (exact) mass is 314 g/mol. The van der Waals surface area contributed by atoms with E-state index in [0.29, 0.717) is 5.92 Å². The quantitative estimate of drug-likeness (QED) is 0.642. The van der Waals surface area contributed by atoms with Crippen LogP contribution in [0.2, 0.25) is 0 Å². The lowest BCUT2D eigenvalue weighted by Crippen LogP contribution is -2.03. The molecule has 0 N–H and O–H groups in total. The number of alkyl halides is 1. The zero-order valence-corrected chi connectivity index (χ0v) is 13.1. The Kier molecular flexibility index (Phi) is 7.18. The van der Waals surface area contributed by atoms with Crippen LogP contribution in [0, 0.1) is 5.92 Å². The van der Waals surface area contributed by atoms with Crippen molar-refractivity contribution < 1.29 is 9.47 Å². The van der Waals surface area contributed by atoms with Gasteiger partial charge in [0.05, 0.1) is 13.2 Å². The molecule has 1 rings (SSSR count). The molecule has 3 heteroatoms. The van der Waals surface area contributed by atoms with E-state index in [9.17, 15) is 0 Å². The van der Waals surface area contributed by atoms with Gasteiger partial charge in [-0.15, -0.1) is 0 Å². The molecule has 0 bridgehead atoms. The number of ether oxygens (including phenoxy) is 2. The molecule has 0 fully saturated rings. The molecular formula is C15H23BrO2. The molecule has 0 aromatic heterocycles. The molecule has 0 radical (unpaired) electrons. The van der Waals surface area contributed by atoms with E-state index in [2.05, 4.69) is 42.8 Å². The maximum Gasteiger partial charge on any atom is 0.127 e. The Morgan fingerprint density at radius 3 is 2.56 bits per heavy atom. The summed E-state index contributed by atoms with van der Waals surface area (Å²) in [6.45, 7) is 8.02. The second kappa shape index (κ2) is 8.41. The third kappa shape index (κ3) is 5.30. The van der Waals surface area contributed by atoms with E-state index in [0.717, 1.165) is 42.9 Å². The predicted molar refractivity (Wildman–Crippen MR) is 79.8 cm³/mol. The highest BCUT2D eigenvalue weighted by atomic mass is 79.9. The van der Waals surface area contributed by atoms with Crippen molar-refractivity contribution in [1.29, 1.82) is 0 Å². The first-order valence-corrected chi connectivity index (χ1v) is 7.74. The fourth-order valence-corrected chi connectivity index (χ4v) is 1.96. The smallest absolute Gasteiger partial charge is 0.127 e. The van der Waals surface area contributed by atoms with E-state index in [-0.39, 0.29) is 0 Å². The molecule has 0 amide bonds. The van der Waals surface area contributed by atoms with Gasteiger partial charge < -0.3 is 9.47 Å². The average molecular weight is 315 g/mol. The molecule has 0 unspecified atom stereocenters. The zero-order valence-electron chi connectivity index (χ0n) is 11.5. The molecule has 2 nitrogen and oxygen atoms in total. The lowest BCUT2D eigenvalue weighted by Gasteiger charge is -2.13. The van der Waals surface area contributed by atoms with Crippen molar-refractivity contribution in [3.63, 3.8) is 0 Å². The zero-order chi connectivity index (χ0) is 13.4. The fourth-order valence-electron chi connectivity index (χ4n) is 1.49. The van der Waals surface area contributed by atoms with E-state index >= 15 is 0 Å². The molecule has 102 valence electrons. The van der Waals surface area contributed by atoms with Crippen LogP contribution < -0.4 is 9.47 Å². The van der Waals surface area contributed by atoms with E-state index < -0.39 is 0 Å². The van der Waals surface area contributed by atoms with Crippen LogP contribution in [-0.4, -0.2) is 13.2 Å². The summed E-state index contributed by atoms with van der Waals surface area (Å²) in [4.78, 5) is 0. The Labute approximate surface area is 119 Å². The molecule has 0 atom stereocenters. The molecule has 0 aliphatic rings. The first-order valence-electron chi connectivity index (χ1n) is 6.61. The van der Waals surface area contributed by atoms with Gasteiger partial charge in [-0.25, -0.2) is 0 Å². The first-order chi connectivity index (χ1) is 8.67. The van der Waals surface area contributed by atoms with Gasteiger partial charge in [-0.2, -0.15) is 0 Å². The number of hydrogen-bond acceptors (Lipinski definition) is 2. The van der Waals surface area contributed by atoms with Gasteiger partial charge in [-0.05, 0) is 24.8 Å². The molecule has 1 aromatic carbocycles. The van der Waals surface area contributed by atoms with Crippen molar-refractivity contribution in [3.05, 3.63) is 23.8 Å². The molecule has 0 aliphatic heterocycles. The highest BCUT2D eigenvalue weighted by molar-refractivity contribution is 9.08. The van der Waals surface area contributed by atoms with Gasteiger partial charge >= 0.3 is 0 Å². The first kappa shape index (κ1) is 15.4. The van der Waals surface area contributed by atoms with Crippen molar-refractivity contribution in [2.24, 2.45) is 5.92 Å². The van der Waals surface area contributed by atoms with E-state index in [1.807, 2.05) is 12.1 Å². The summed E-state index contributed by atoms with van der Waals surface area (Å²) in [5.74, 6) is 2.49. The van der Waals surface area contributed by atoms with Crippen LogP contribution in [0.25, 0.3) is 0 Å². The Hall–Kier alpha value is -0.700. The van der Waals surface area contributed by atoms with Crippen LogP contribution in [0.5, 0.6) is 11.5 Å². The minimum absolute atomic E-state index is 0.664. The summed E-state index contributed by atoms with van der Waals surface area (Å²) in [7, 11) is 0. The number of halogens is 1. The summed E-state index contributed by atoms with van der Waals surface area (Å²) >= 11 is 3.49. The molecular weight excluding hydrogens is 292 g/mol. The number of hydrogen-bond donors (Lipinski definition) is 0. The minimum atomic E-state index is 0.664. The van der Waals surface area contributed by atoms with Crippen LogP contribution in [0.15, 0.2) is 18.2 Å². The molecule has 0 saturated heterocycles. The summed E-state index contributed by atoms with van der Waals surface area (Å²) in [6, 6.07) is 6.05. The standard InChI is InChI=1S/C15H23BrO2/c1-4-8-17-14-6-5-13(11-16)15(10-14)18-9-7-12(2)3/h5-6,10,12H,4,7-9,11H2,1-3H3.